The summed E-state index contributed by atoms with van der Waals surface area (Å²) in [6.45, 7) is 18.1. The highest BCUT2D eigenvalue weighted by atomic mass is 15.2. The molecule has 1 aliphatic rings. The summed E-state index contributed by atoms with van der Waals surface area (Å²) in [5, 5.41) is 0. The van der Waals surface area contributed by atoms with E-state index in [2.05, 4.69) is 46.1 Å². The van der Waals surface area contributed by atoms with E-state index in [0.29, 0.717) is 11.5 Å². The lowest BCUT2D eigenvalue weighted by Gasteiger charge is -2.36. The molecule has 0 spiro atoms. The maximum atomic E-state index is 4.20. The highest BCUT2D eigenvalue weighted by Crippen LogP contribution is 2.28. The predicted octanol–water partition coefficient (Wildman–Crippen LogP) is 3.32. The Morgan fingerprint density at radius 3 is 2.29 bits per heavy atom. The Bertz CT molecular complexity index is 212. The molecule has 1 saturated heterocycles. The van der Waals surface area contributed by atoms with E-state index in [1.165, 1.54) is 25.1 Å². The minimum absolute atomic E-state index is 0.299. The third kappa shape index (κ3) is 2.84. The van der Waals surface area contributed by atoms with E-state index in [1.54, 1.807) is 0 Å². The van der Waals surface area contributed by atoms with Crippen LogP contribution in [0.1, 0.15) is 41.0 Å². The van der Waals surface area contributed by atoms with Gasteiger partial charge in [-0.2, -0.15) is 0 Å². The Morgan fingerprint density at radius 2 is 1.79 bits per heavy atom. The molecular formula is C13H25N. The van der Waals surface area contributed by atoms with Crippen LogP contribution in [0.3, 0.4) is 0 Å². The van der Waals surface area contributed by atoms with Crippen molar-refractivity contribution < 1.29 is 0 Å². The molecule has 0 aromatic carbocycles. The fourth-order valence-electron chi connectivity index (χ4n) is 2.17. The minimum Gasteiger partial charge on any atom is -0.298 e. The average molecular weight is 195 g/mol. The first-order chi connectivity index (χ1) is 6.30. The van der Waals surface area contributed by atoms with Crippen LogP contribution in [-0.4, -0.2) is 23.5 Å². The van der Waals surface area contributed by atoms with Crippen molar-refractivity contribution in [2.24, 2.45) is 11.8 Å². The van der Waals surface area contributed by atoms with Gasteiger partial charge in [-0.15, -0.1) is 0 Å². The van der Waals surface area contributed by atoms with Gasteiger partial charge < -0.3 is 0 Å². The quantitative estimate of drug-likeness (QED) is 0.536. The zero-order valence-electron chi connectivity index (χ0n) is 10.4. The van der Waals surface area contributed by atoms with Crippen molar-refractivity contribution in [1.82, 2.24) is 4.90 Å². The van der Waals surface area contributed by atoms with Crippen molar-refractivity contribution in [3.8, 4) is 0 Å². The van der Waals surface area contributed by atoms with Crippen molar-refractivity contribution in [2.75, 3.05) is 13.1 Å². The standard InChI is InChI=1S/C13H25N/c1-10-7-11(2)12(3)9-14(8-10)13(4,5)6/h10,12H,2,7-9H2,1,3-6H3. The molecule has 1 heteroatoms. The molecule has 0 radical (unpaired) electrons. The van der Waals surface area contributed by atoms with Gasteiger partial charge in [0.2, 0.25) is 0 Å². The number of nitrogens with zero attached hydrogens (tertiary/aromatic N) is 1. The first kappa shape index (κ1) is 11.8. The molecule has 1 nitrogen and oxygen atoms in total. The highest BCUT2D eigenvalue weighted by Gasteiger charge is 2.28. The zero-order chi connectivity index (χ0) is 10.9. The summed E-state index contributed by atoms with van der Waals surface area (Å²) in [5.41, 5.74) is 1.73. The van der Waals surface area contributed by atoms with Gasteiger partial charge in [-0.05, 0) is 39.0 Å². The number of rotatable bonds is 0. The molecule has 2 unspecified atom stereocenters. The SMILES string of the molecule is C=C1CC(C)CN(C(C)(C)C)CC1C. The third-order valence-corrected chi connectivity index (χ3v) is 3.28. The Balaban J connectivity index is 2.75. The molecule has 0 aromatic heterocycles. The summed E-state index contributed by atoms with van der Waals surface area (Å²) in [4.78, 5) is 2.60. The molecule has 2 atom stereocenters. The Kier molecular flexibility index (Phi) is 3.41. The highest BCUT2D eigenvalue weighted by molar-refractivity contribution is 5.04. The van der Waals surface area contributed by atoms with Gasteiger partial charge >= 0.3 is 0 Å². The molecule has 82 valence electrons. The van der Waals surface area contributed by atoms with E-state index >= 15 is 0 Å². The van der Waals surface area contributed by atoms with Crippen molar-refractivity contribution in [2.45, 2.75) is 46.6 Å². The molecule has 14 heavy (non-hydrogen) atoms. The molecule has 0 saturated carbocycles. The summed E-state index contributed by atoms with van der Waals surface area (Å²) >= 11 is 0. The van der Waals surface area contributed by atoms with Gasteiger partial charge in [0, 0.05) is 18.6 Å². The summed E-state index contributed by atoms with van der Waals surface area (Å²) in [6, 6.07) is 0. The van der Waals surface area contributed by atoms with Gasteiger partial charge in [-0.3, -0.25) is 4.90 Å². The van der Waals surface area contributed by atoms with Crippen LogP contribution >= 0.6 is 0 Å². The fraction of sp³-hybridized carbons (Fsp3) is 0.846. The van der Waals surface area contributed by atoms with Gasteiger partial charge in [0.05, 0.1) is 0 Å². The van der Waals surface area contributed by atoms with E-state index in [9.17, 15) is 0 Å². The van der Waals surface area contributed by atoms with Crippen LogP contribution in [-0.2, 0) is 0 Å². The average Bonchev–Trinajstić information content (AvgIpc) is 2.11. The second-order valence-electron chi connectivity index (χ2n) is 5.94. The molecule has 1 heterocycles. The Labute approximate surface area is 89.2 Å². The third-order valence-electron chi connectivity index (χ3n) is 3.28. The van der Waals surface area contributed by atoms with Gasteiger partial charge in [-0.25, -0.2) is 0 Å². The first-order valence-corrected chi connectivity index (χ1v) is 5.73. The van der Waals surface area contributed by atoms with Crippen molar-refractivity contribution >= 4 is 0 Å². The maximum Gasteiger partial charge on any atom is 0.0125 e. The molecule has 0 amide bonds. The van der Waals surface area contributed by atoms with Gasteiger partial charge in [-0.1, -0.05) is 26.0 Å². The second-order valence-corrected chi connectivity index (χ2v) is 5.94. The summed E-state index contributed by atoms with van der Waals surface area (Å²) in [5.74, 6) is 1.41. The van der Waals surface area contributed by atoms with Crippen LogP contribution < -0.4 is 0 Å². The lowest BCUT2D eigenvalue weighted by atomic mass is 9.96. The summed E-state index contributed by atoms with van der Waals surface area (Å²) < 4.78 is 0. The molecular weight excluding hydrogens is 170 g/mol. The van der Waals surface area contributed by atoms with Crippen LogP contribution in [0.2, 0.25) is 0 Å². The molecule has 0 bridgehead atoms. The normalized spacial score (nSPS) is 31.6. The number of hydrogen-bond acceptors (Lipinski definition) is 1. The Morgan fingerprint density at radius 1 is 1.21 bits per heavy atom. The van der Waals surface area contributed by atoms with Crippen molar-refractivity contribution in [3.63, 3.8) is 0 Å². The van der Waals surface area contributed by atoms with Crippen LogP contribution in [0, 0.1) is 11.8 Å². The summed E-state index contributed by atoms with van der Waals surface area (Å²) in [7, 11) is 0. The van der Waals surface area contributed by atoms with Gasteiger partial charge in [0.25, 0.3) is 0 Å². The van der Waals surface area contributed by atoms with Crippen LogP contribution in [0.5, 0.6) is 0 Å². The lowest BCUT2D eigenvalue weighted by Crippen LogP contribution is -2.44. The molecule has 0 aromatic rings. The van der Waals surface area contributed by atoms with E-state index in [1.807, 2.05) is 0 Å². The molecule has 0 aliphatic carbocycles. The maximum absolute atomic E-state index is 4.20. The van der Waals surface area contributed by atoms with Crippen molar-refractivity contribution in [1.29, 1.82) is 0 Å². The Hall–Kier alpha value is -0.300. The van der Waals surface area contributed by atoms with Gasteiger partial charge in [0.1, 0.15) is 0 Å². The van der Waals surface area contributed by atoms with E-state index < -0.39 is 0 Å². The summed E-state index contributed by atoms with van der Waals surface area (Å²) in [6.07, 6.45) is 1.20. The number of hydrogen-bond donors (Lipinski definition) is 0. The van der Waals surface area contributed by atoms with E-state index in [4.69, 9.17) is 0 Å². The largest absolute Gasteiger partial charge is 0.298 e. The first-order valence-electron chi connectivity index (χ1n) is 5.73. The monoisotopic (exact) mass is 195 g/mol. The smallest absolute Gasteiger partial charge is 0.0125 e. The fourth-order valence-corrected chi connectivity index (χ4v) is 2.17. The van der Waals surface area contributed by atoms with Gasteiger partial charge in [0.15, 0.2) is 0 Å². The number of likely N-dealkylation sites (tertiary alicyclic amines) is 1. The van der Waals surface area contributed by atoms with Crippen LogP contribution in [0.4, 0.5) is 0 Å². The molecule has 1 aliphatic heterocycles. The topological polar surface area (TPSA) is 3.24 Å². The van der Waals surface area contributed by atoms with E-state index in [0.717, 1.165) is 5.92 Å². The zero-order valence-corrected chi connectivity index (χ0v) is 10.4. The van der Waals surface area contributed by atoms with Crippen LogP contribution in [0.25, 0.3) is 0 Å². The van der Waals surface area contributed by atoms with E-state index in [-0.39, 0.29) is 0 Å². The van der Waals surface area contributed by atoms with Crippen molar-refractivity contribution in [3.05, 3.63) is 12.2 Å². The van der Waals surface area contributed by atoms with Crippen LogP contribution in [0.15, 0.2) is 12.2 Å². The predicted molar refractivity (Wildman–Crippen MR) is 63.4 cm³/mol. The minimum atomic E-state index is 0.299. The lowest BCUT2D eigenvalue weighted by molar-refractivity contribution is 0.116. The molecule has 0 N–H and O–H groups in total. The molecule has 1 fully saturated rings. The second kappa shape index (κ2) is 4.06. The molecule has 1 rings (SSSR count).